The monoisotopic (exact) mass is 248 g/mol. The van der Waals surface area contributed by atoms with E-state index >= 15 is 0 Å². The maximum absolute atomic E-state index is 11.5. The van der Waals surface area contributed by atoms with Crippen LogP contribution in [-0.4, -0.2) is 36.1 Å². The molecule has 1 aliphatic rings. The van der Waals surface area contributed by atoms with Crippen molar-refractivity contribution in [2.75, 3.05) is 18.0 Å². The van der Waals surface area contributed by atoms with E-state index in [0.29, 0.717) is 6.54 Å². The Kier molecular flexibility index (Phi) is 3.23. The van der Waals surface area contributed by atoms with Gasteiger partial charge in [0.15, 0.2) is 0 Å². The summed E-state index contributed by atoms with van der Waals surface area (Å²) in [4.78, 5) is 24.2. The summed E-state index contributed by atoms with van der Waals surface area (Å²) < 4.78 is 0. The molecule has 1 aliphatic heterocycles. The normalized spacial score (nSPS) is 19.6. The lowest BCUT2D eigenvalue weighted by Gasteiger charge is -2.32. The van der Waals surface area contributed by atoms with Gasteiger partial charge < -0.3 is 15.3 Å². The molecule has 0 spiro atoms. The lowest BCUT2D eigenvalue weighted by Crippen LogP contribution is -2.57. The van der Waals surface area contributed by atoms with Crippen molar-refractivity contribution in [3.8, 4) is 0 Å². The van der Waals surface area contributed by atoms with Gasteiger partial charge in [-0.25, -0.2) is 4.79 Å². The first-order valence-corrected chi connectivity index (χ1v) is 5.82. The molecule has 1 fully saturated rings. The number of piperazine rings is 1. The van der Waals surface area contributed by atoms with Crippen molar-refractivity contribution in [1.82, 2.24) is 5.32 Å². The molecule has 1 saturated heterocycles. The molecule has 18 heavy (non-hydrogen) atoms. The van der Waals surface area contributed by atoms with Gasteiger partial charge in [0.2, 0.25) is 5.91 Å². The van der Waals surface area contributed by atoms with Gasteiger partial charge in [-0.05, 0) is 37.1 Å². The van der Waals surface area contributed by atoms with Crippen molar-refractivity contribution < 1.29 is 14.7 Å². The molecule has 1 amide bonds. The fourth-order valence-electron chi connectivity index (χ4n) is 2.00. The first-order valence-electron chi connectivity index (χ1n) is 5.82. The van der Waals surface area contributed by atoms with Crippen LogP contribution in [0, 0.1) is 13.8 Å². The van der Waals surface area contributed by atoms with E-state index in [-0.39, 0.29) is 12.5 Å². The van der Waals surface area contributed by atoms with Crippen molar-refractivity contribution in [2.45, 2.75) is 19.9 Å². The molecule has 1 aromatic carbocycles. The number of anilines is 1. The molecular formula is C13H16N2O3. The highest BCUT2D eigenvalue weighted by atomic mass is 16.4. The van der Waals surface area contributed by atoms with E-state index in [4.69, 9.17) is 5.11 Å². The van der Waals surface area contributed by atoms with Gasteiger partial charge in [0.25, 0.3) is 0 Å². The summed E-state index contributed by atoms with van der Waals surface area (Å²) >= 11 is 0. The fourth-order valence-corrected chi connectivity index (χ4v) is 2.00. The third-order valence-corrected chi connectivity index (χ3v) is 3.23. The van der Waals surface area contributed by atoms with Gasteiger partial charge in [0.05, 0.1) is 6.54 Å². The fraction of sp³-hybridized carbons (Fsp3) is 0.385. The number of aliphatic carboxylic acids is 1. The maximum atomic E-state index is 11.5. The minimum atomic E-state index is -1.00. The highest BCUT2D eigenvalue weighted by Gasteiger charge is 2.29. The molecule has 1 aromatic rings. The maximum Gasteiger partial charge on any atom is 0.328 e. The zero-order valence-electron chi connectivity index (χ0n) is 10.4. The first-order chi connectivity index (χ1) is 8.47. The number of nitrogens with zero attached hydrogens (tertiary/aromatic N) is 1. The topological polar surface area (TPSA) is 69.6 Å². The van der Waals surface area contributed by atoms with Crippen molar-refractivity contribution in [3.05, 3.63) is 29.3 Å². The molecule has 0 radical (unpaired) electrons. The minimum absolute atomic E-state index is 0.201. The molecule has 0 bridgehead atoms. The van der Waals surface area contributed by atoms with E-state index in [2.05, 4.69) is 5.32 Å². The number of nitrogens with one attached hydrogen (secondary N) is 1. The molecule has 0 aliphatic carbocycles. The van der Waals surface area contributed by atoms with Crippen LogP contribution in [-0.2, 0) is 9.59 Å². The number of rotatable bonds is 2. The van der Waals surface area contributed by atoms with Gasteiger partial charge in [0, 0.05) is 12.2 Å². The van der Waals surface area contributed by atoms with Crippen LogP contribution in [0.5, 0.6) is 0 Å². The lowest BCUT2D eigenvalue weighted by atomic mass is 10.1. The molecule has 5 nitrogen and oxygen atoms in total. The molecule has 1 heterocycles. The van der Waals surface area contributed by atoms with Gasteiger partial charge in [-0.15, -0.1) is 0 Å². The molecule has 0 aromatic heterocycles. The minimum Gasteiger partial charge on any atom is -0.480 e. The average Bonchev–Trinajstić information content (AvgIpc) is 2.31. The number of hydrogen-bond acceptors (Lipinski definition) is 3. The Morgan fingerprint density at radius 1 is 1.39 bits per heavy atom. The van der Waals surface area contributed by atoms with Crippen LogP contribution in [0.2, 0.25) is 0 Å². The summed E-state index contributed by atoms with van der Waals surface area (Å²) in [6.45, 7) is 4.51. The summed E-state index contributed by atoms with van der Waals surface area (Å²) in [5.41, 5.74) is 3.19. The van der Waals surface area contributed by atoms with Crippen molar-refractivity contribution in [3.63, 3.8) is 0 Å². The van der Waals surface area contributed by atoms with Crippen LogP contribution in [0.25, 0.3) is 0 Å². The number of amides is 1. The molecule has 2 N–H and O–H groups in total. The van der Waals surface area contributed by atoms with Gasteiger partial charge in [-0.2, -0.15) is 0 Å². The van der Waals surface area contributed by atoms with Crippen molar-refractivity contribution in [2.24, 2.45) is 0 Å². The lowest BCUT2D eigenvalue weighted by molar-refractivity contribution is -0.142. The van der Waals surface area contributed by atoms with Crippen LogP contribution in [0.4, 0.5) is 5.69 Å². The smallest absolute Gasteiger partial charge is 0.328 e. The molecular weight excluding hydrogens is 232 g/mol. The van der Waals surface area contributed by atoms with Crippen molar-refractivity contribution >= 4 is 17.6 Å². The Hall–Kier alpha value is -2.04. The van der Waals surface area contributed by atoms with Crippen LogP contribution in [0.3, 0.4) is 0 Å². The predicted molar refractivity (Wildman–Crippen MR) is 67.7 cm³/mol. The Morgan fingerprint density at radius 3 is 2.72 bits per heavy atom. The van der Waals surface area contributed by atoms with Crippen LogP contribution < -0.4 is 10.2 Å². The molecule has 0 saturated carbocycles. The summed E-state index contributed by atoms with van der Waals surface area (Å²) in [6.07, 6.45) is 0. The summed E-state index contributed by atoms with van der Waals surface area (Å²) in [5, 5.41) is 11.4. The predicted octanol–water partition coefficient (Wildman–Crippen LogP) is 0.693. The number of aryl methyl sites for hydroxylation is 2. The molecule has 96 valence electrons. The SMILES string of the molecule is Cc1ccc(N2CC(=O)NC(C(=O)O)C2)cc1C. The third-order valence-electron chi connectivity index (χ3n) is 3.23. The van der Waals surface area contributed by atoms with Crippen molar-refractivity contribution in [1.29, 1.82) is 0 Å². The van der Waals surface area contributed by atoms with Gasteiger partial charge >= 0.3 is 5.97 Å². The quantitative estimate of drug-likeness (QED) is 0.808. The highest BCUT2D eigenvalue weighted by Crippen LogP contribution is 2.20. The Morgan fingerprint density at radius 2 is 2.11 bits per heavy atom. The number of carboxylic acid groups (broad SMARTS) is 1. The van der Waals surface area contributed by atoms with E-state index in [9.17, 15) is 9.59 Å². The Balaban J connectivity index is 2.23. The van der Waals surface area contributed by atoms with Crippen LogP contribution in [0.1, 0.15) is 11.1 Å². The summed E-state index contributed by atoms with van der Waals surface area (Å²) in [6, 6.07) is 5.03. The van der Waals surface area contributed by atoms with Gasteiger partial charge in [-0.3, -0.25) is 4.79 Å². The second-order valence-electron chi connectivity index (χ2n) is 4.61. The largest absolute Gasteiger partial charge is 0.480 e. The number of hydrogen-bond donors (Lipinski definition) is 2. The second kappa shape index (κ2) is 4.68. The zero-order chi connectivity index (χ0) is 13.3. The molecule has 1 unspecified atom stereocenters. The second-order valence-corrected chi connectivity index (χ2v) is 4.61. The third kappa shape index (κ3) is 2.45. The number of benzene rings is 1. The standard InChI is InChI=1S/C13H16N2O3/c1-8-3-4-10(5-9(8)2)15-6-11(13(17)18)14-12(16)7-15/h3-5,11H,6-7H2,1-2H3,(H,14,16)(H,17,18). The number of carbonyl (C=O) groups excluding carboxylic acids is 1. The average molecular weight is 248 g/mol. The Bertz CT molecular complexity index is 499. The summed E-state index contributed by atoms with van der Waals surface area (Å²) in [5.74, 6) is -1.26. The van der Waals surface area contributed by atoms with E-state index in [1.165, 1.54) is 5.56 Å². The van der Waals surface area contributed by atoms with E-state index in [1.807, 2.05) is 32.0 Å². The highest BCUT2D eigenvalue weighted by molar-refractivity contribution is 5.89. The number of carboxylic acids is 1. The van der Waals surface area contributed by atoms with Gasteiger partial charge in [-0.1, -0.05) is 6.07 Å². The summed E-state index contributed by atoms with van der Waals surface area (Å²) in [7, 11) is 0. The molecule has 1 atom stereocenters. The zero-order valence-corrected chi connectivity index (χ0v) is 10.4. The molecule has 2 rings (SSSR count). The number of carbonyl (C=O) groups is 2. The van der Waals surface area contributed by atoms with Crippen LogP contribution >= 0.6 is 0 Å². The van der Waals surface area contributed by atoms with Gasteiger partial charge in [0.1, 0.15) is 6.04 Å². The first kappa shape index (κ1) is 12.4. The Labute approximate surface area is 105 Å². The van der Waals surface area contributed by atoms with E-state index in [1.54, 1.807) is 4.90 Å². The van der Waals surface area contributed by atoms with E-state index in [0.717, 1.165) is 11.3 Å². The molecule has 5 heteroatoms. The van der Waals surface area contributed by atoms with Crippen LogP contribution in [0.15, 0.2) is 18.2 Å². The van der Waals surface area contributed by atoms with E-state index < -0.39 is 12.0 Å².